The Balaban J connectivity index is 1.88. The van der Waals surface area contributed by atoms with Crippen LogP contribution in [0.5, 0.6) is 0 Å². The lowest BCUT2D eigenvalue weighted by atomic mass is 10.1. The van der Waals surface area contributed by atoms with Gasteiger partial charge in [-0.15, -0.1) is 0 Å². The van der Waals surface area contributed by atoms with Crippen LogP contribution in [0, 0.1) is 0 Å². The molecule has 1 aromatic carbocycles. The van der Waals surface area contributed by atoms with Gasteiger partial charge in [-0.2, -0.15) is 0 Å². The third kappa shape index (κ3) is 2.98. The monoisotopic (exact) mass is 341 g/mol. The molecule has 0 unspecified atom stereocenters. The number of aryl methyl sites for hydroxylation is 1. The summed E-state index contributed by atoms with van der Waals surface area (Å²) < 4.78 is 3.76. The van der Waals surface area contributed by atoms with Crippen LogP contribution in [0.4, 0.5) is 0 Å². The number of amides is 1. The minimum absolute atomic E-state index is 0.0544. The summed E-state index contributed by atoms with van der Waals surface area (Å²) in [6.07, 6.45) is 1.40. The van der Waals surface area contributed by atoms with E-state index in [4.69, 9.17) is 0 Å². The van der Waals surface area contributed by atoms with Crippen molar-refractivity contribution in [2.45, 2.75) is 19.5 Å². The van der Waals surface area contributed by atoms with Crippen LogP contribution >= 0.6 is 0 Å². The van der Waals surface area contributed by atoms with Crippen molar-refractivity contribution in [3.63, 3.8) is 0 Å². The minimum Gasteiger partial charge on any atom is -0.348 e. The average molecular weight is 341 g/mol. The van der Waals surface area contributed by atoms with Crippen LogP contribution in [0.1, 0.15) is 18.5 Å². The van der Waals surface area contributed by atoms with Crippen LogP contribution in [0.3, 0.4) is 0 Å². The summed E-state index contributed by atoms with van der Waals surface area (Å²) in [6.45, 7) is 1.84. The van der Waals surface area contributed by atoms with E-state index in [1.165, 1.54) is 22.5 Å². The quantitative estimate of drug-likeness (QED) is 0.739. The Labute approximate surface area is 143 Å². The summed E-state index contributed by atoms with van der Waals surface area (Å²) in [6, 6.07) is 9.44. The van der Waals surface area contributed by atoms with Gasteiger partial charge >= 0.3 is 5.69 Å². The molecule has 3 aromatic rings. The zero-order chi connectivity index (χ0) is 18.1. The van der Waals surface area contributed by atoms with Gasteiger partial charge in [0.1, 0.15) is 6.54 Å². The van der Waals surface area contributed by atoms with Crippen molar-refractivity contribution in [1.29, 1.82) is 0 Å². The molecule has 25 heavy (non-hydrogen) atoms. The van der Waals surface area contributed by atoms with Gasteiger partial charge in [-0.05, 0) is 12.5 Å². The van der Waals surface area contributed by atoms with Gasteiger partial charge in [0.2, 0.25) is 5.91 Å². The molecule has 0 fully saturated rings. The highest BCUT2D eigenvalue weighted by atomic mass is 16.2. The van der Waals surface area contributed by atoms with E-state index < -0.39 is 11.2 Å². The van der Waals surface area contributed by atoms with Gasteiger partial charge in [-0.3, -0.25) is 18.7 Å². The zero-order valence-electron chi connectivity index (χ0n) is 14.3. The number of fused-ring (bicyclic) bond motifs is 1. The van der Waals surface area contributed by atoms with Crippen LogP contribution < -0.4 is 16.6 Å². The summed E-state index contributed by atoms with van der Waals surface area (Å²) in [7, 11) is 2.94. The van der Waals surface area contributed by atoms with E-state index in [0.29, 0.717) is 0 Å². The Hall–Kier alpha value is -3.16. The van der Waals surface area contributed by atoms with E-state index in [9.17, 15) is 14.4 Å². The lowest BCUT2D eigenvalue weighted by Gasteiger charge is -2.14. The Kier molecular flexibility index (Phi) is 4.26. The van der Waals surface area contributed by atoms with E-state index >= 15 is 0 Å². The molecule has 0 aliphatic rings. The molecule has 0 spiro atoms. The molecule has 0 aliphatic heterocycles. The summed E-state index contributed by atoms with van der Waals surface area (Å²) in [5.41, 5.74) is 0.554. The van der Waals surface area contributed by atoms with Crippen LogP contribution in [0.25, 0.3) is 11.2 Å². The predicted molar refractivity (Wildman–Crippen MR) is 93.2 cm³/mol. The van der Waals surface area contributed by atoms with Gasteiger partial charge in [-0.25, -0.2) is 9.78 Å². The number of hydrogen-bond acceptors (Lipinski definition) is 4. The third-order valence-corrected chi connectivity index (χ3v) is 4.21. The van der Waals surface area contributed by atoms with Crippen molar-refractivity contribution in [2.75, 3.05) is 0 Å². The molecule has 0 aliphatic carbocycles. The number of carbonyl (C=O) groups excluding carboxylic acids is 1. The normalized spacial score (nSPS) is 12.3. The molecular formula is C17H19N5O3. The first-order chi connectivity index (χ1) is 11.9. The zero-order valence-corrected chi connectivity index (χ0v) is 14.3. The van der Waals surface area contributed by atoms with Gasteiger partial charge < -0.3 is 9.88 Å². The van der Waals surface area contributed by atoms with Crippen molar-refractivity contribution in [3.05, 3.63) is 63.1 Å². The largest absolute Gasteiger partial charge is 0.348 e. The standard InChI is InChI=1S/C17H19N5O3/c1-11(12-7-5-4-6-8-12)19-13(23)9-22-10-18-15-14(22)16(24)21(3)17(25)20(15)2/h4-8,10-11H,9H2,1-3H3,(H,19,23)/t11-/m1/s1. The van der Waals surface area contributed by atoms with Crippen molar-refractivity contribution in [2.24, 2.45) is 14.1 Å². The summed E-state index contributed by atoms with van der Waals surface area (Å²) >= 11 is 0. The molecule has 3 rings (SSSR count). The van der Waals surface area contributed by atoms with E-state index in [0.717, 1.165) is 10.1 Å². The van der Waals surface area contributed by atoms with Gasteiger partial charge in [0, 0.05) is 14.1 Å². The molecule has 0 saturated carbocycles. The first-order valence-electron chi connectivity index (χ1n) is 7.85. The fourth-order valence-electron chi connectivity index (χ4n) is 2.78. The molecule has 0 bridgehead atoms. The predicted octanol–water partition coefficient (Wildman–Crippen LogP) is 0.311. The Morgan fingerprint density at radius 2 is 1.84 bits per heavy atom. The molecule has 8 nitrogen and oxygen atoms in total. The third-order valence-electron chi connectivity index (χ3n) is 4.21. The second-order valence-electron chi connectivity index (χ2n) is 5.95. The number of imidazole rings is 1. The van der Waals surface area contributed by atoms with Crippen molar-refractivity contribution >= 4 is 17.1 Å². The molecule has 8 heteroatoms. The molecule has 2 heterocycles. The second kappa shape index (κ2) is 6.39. The first-order valence-corrected chi connectivity index (χ1v) is 7.85. The van der Waals surface area contributed by atoms with Gasteiger partial charge in [0.25, 0.3) is 5.56 Å². The number of nitrogens with zero attached hydrogens (tertiary/aromatic N) is 4. The van der Waals surface area contributed by atoms with E-state index in [2.05, 4.69) is 10.3 Å². The molecule has 1 atom stereocenters. The van der Waals surface area contributed by atoms with Crippen LogP contribution in [0.15, 0.2) is 46.2 Å². The molecular weight excluding hydrogens is 322 g/mol. The first kappa shape index (κ1) is 16.7. The van der Waals surface area contributed by atoms with Crippen LogP contribution in [0.2, 0.25) is 0 Å². The number of rotatable bonds is 4. The molecule has 130 valence electrons. The van der Waals surface area contributed by atoms with Gasteiger partial charge in [0.05, 0.1) is 12.4 Å². The number of nitrogens with one attached hydrogen (secondary N) is 1. The Bertz CT molecular complexity index is 1050. The van der Waals surface area contributed by atoms with E-state index in [1.54, 1.807) is 7.05 Å². The highest BCUT2D eigenvalue weighted by Crippen LogP contribution is 2.11. The molecule has 0 saturated heterocycles. The Morgan fingerprint density at radius 1 is 1.16 bits per heavy atom. The summed E-state index contributed by atoms with van der Waals surface area (Å²) in [4.78, 5) is 40.8. The molecule has 1 amide bonds. The fraction of sp³-hybridized carbons (Fsp3) is 0.294. The SMILES string of the molecule is C[C@@H](NC(=O)Cn1cnc2c1c(=O)n(C)c(=O)n2C)c1ccccc1. The van der Waals surface area contributed by atoms with E-state index in [-0.39, 0.29) is 29.7 Å². The number of hydrogen-bond donors (Lipinski definition) is 1. The van der Waals surface area contributed by atoms with Crippen LogP contribution in [-0.2, 0) is 25.4 Å². The van der Waals surface area contributed by atoms with Crippen molar-refractivity contribution in [3.8, 4) is 0 Å². The summed E-state index contributed by atoms with van der Waals surface area (Å²) in [5.74, 6) is -0.244. The molecule has 1 N–H and O–H groups in total. The minimum atomic E-state index is -0.473. The Morgan fingerprint density at radius 3 is 2.52 bits per heavy atom. The lowest BCUT2D eigenvalue weighted by Crippen LogP contribution is -2.38. The highest BCUT2D eigenvalue weighted by molar-refractivity contribution is 5.79. The van der Waals surface area contributed by atoms with Crippen molar-refractivity contribution in [1.82, 2.24) is 24.0 Å². The van der Waals surface area contributed by atoms with Gasteiger partial charge in [0.15, 0.2) is 11.2 Å². The average Bonchev–Trinajstić information content (AvgIpc) is 3.02. The molecule has 2 aromatic heterocycles. The highest BCUT2D eigenvalue weighted by Gasteiger charge is 2.17. The summed E-state index contributed by atoms with van der Waals surface area (Å²) in [5, 5.41) is 2.89. The van der Waals surface area contributed by atoms with Gasteiger partial charge in [-0.1, -0.05) is 30.3 Å². The number of aromatic nitrogens is 4. The van der Waals surface area contributed by atoms with Crippen molar-refractivity contribution < 1.29 is 4.79 Å². The fourth-order valence-corrected chi connectivity index (χ4v) is 2.78. The molecule has 0 radical (unpaired) electrons. The maximum absolute atomic E-state index is 12.4. The second-order valence-corrected chi connectivity index (χ2v) is 5.95. The topological polar surface area (TPSA) is 90.9 Å². The van der Waals surface area contributed by atoms with Crippen LogP contribution in [-0.4, -0.2) is 24.6 Å². The number of benzene rings is 1. The number of carbonyl (C=O) groups is 1. The van der Waals surface area contributed by atoms with E-state index in [1.807, 2.05) is 37.3 Å². The smallest absolute Gasteiger partial charge is 0.332 e. The lowest BCUT2D eigenvalue weighted by molar-refractivity contribution is -0.122. The maximum atomic E-state index is 12.4. The maximum Gasteiger partial charge on any atom is 0.332 e.